The molecule has 1 N–H and O–H groups in total. The van der Waals surface area contributed by atoms with Gasteiger partial charge in [0.05, 0.1) is 10.0 Å². The topological polar surface area (TPSA) is 18.5 Å². The van der Waals surface area contributed by atoms with Gasteiger partial charge in [0, 0.05) is 49.5 Å². The third kappa shape index (κ3) is 5.01. The van der Waals surface area contributed by atoms with Gasteiger partial charge in [0.1, 0.15) is 0 Å². The van der Waals surface area contributed by atoms with Gasteiger partial charge in [-0.2, -0.15) is 0 Å². The molecule has 0 bridgehead atoms. The standard InChI is InChI=1S/C21H25Cl2N3.2ClH/c1-15-17(18-13-19(22)20(23)14-21(18)24-15)7-8-25-9-11-26(12-10-25)16-5-3-2-4-6-16;;/h2-6,13-15,17,24H,7-12H2,1H3;2*1H/t15-,17+;;/m1../s1. The number of benzene rings is 2. The second-order valence-corrected chi connectivity index (χ2v) is 8.16. The van der Waals surface area contributed by atoms with Crippen molar-refractivity contribution in [2.75, 3.05) is 42.9 Å². The Morgan fingerprint density at radius 1 is 0.964 bits per heavy atom. The van der Waals surface area contributed by atoms with E-state index in [4.69, 9.17) is 23.2 Å². The lowest BCUT2D eigenvalue weighted by Crippen LogP contribution is -2.47. The Hall–Kier alpha value is -0.840. The average Bonchev–Trinajstić information content (AvgIpc) is 2.96. The van der Waals surface area contributed by atoms with Crippen molar-refractivity contribution in [2.45, 2.75) is 25.3 Å². The molecule has 28 heavy (non-hydrogen) atoms. The van der Waals surface area contributed by atoms with Gasteiger partial charge in [-0.05, 0) is 49.7 Å². The van der Waals surface area contributed by atoms with Crippen molar-refractivity contribution in [3.63, 3.8) is 0 Å². The lowest BCUT2D eigenvalue weighted by Gasteiger charge is -2.36. The zero-order valence-electron chi connectivity index (χ0n) is 15.9. The molecule has 0 radical (unpaired) electrons. The third-order valence-electron chi connectivity index (χ3n) is 5.73. The van der Waals surface area contributed by atoms with Crippen LogP contribution in [0, 0.1) is 0 Å². The highest BCUT2D eigenvalue weighted by atomic mass is 35.5. The van der Waals surface area contributed by atoms with Crippen molar-refractivity contribution in [1.82, 2.24) is 4.90 Å². The van der Waals surface area contributed by atoms with Gasteiger partial charge in [-0.3, -0.25) is 4.90 Å². The molecule has 2 aromatic rings. The van der Waals surface area contributed by atoms with Gasteiger partial charge < -0.3 is 10.2 Å². The van der Waals surface area contributed by atoms with Crippen LogP contribution in [0.1, 0.15) is 24.8 Å². The monoisotopic (exact) mass is 461 g/mol. The fraction of sp³-hybridized carbons (Fsp3) is 0.429. The van der Waals surface area contributed by atoms with E-state index < -0.39 is 0 Å². The number of nitrogens with one attached hydrogen (secondary N) is 1. The average molecular weight is 463 g/mol. The Bertz CT molecular complexity index is 764. The minimum atomic E-state index is 0. The molecule has 2 aliphatic rings. The summed E-state index contributed by atoms with van der Waals surface area (Å²) in [7, 11) is 0. The number of hydrogen-bond donors (Lipinski definition) is 1. The molecule has 0 unspecified atom stereocenters. The summed E-state index contributed by atoms with van der Waals surface area (Å²) in [5.41, 5.74) is 3.79. The predicted molar refractivity (Wildman–Crippen MR) is 126 cm³/mol. The van der Waals surface area contributed by atoms with Crippen molar-refractivity contribution in [1.29, 1.82) is 0 Å². The predicted octanol–water partition coefficient (Wildman–Crippen LogP) is 5.95. The molecule has 2 aliphatic heterocycles. The smallest absolute Gasteiger partial charge is 0.0613 e. The van der Waals surface area contributed by atoms with E-state index in [9.17, 15) is 0 Å². The van der Waals surface area contributed by atoms with Crippen LogP contribution in [0.5, 0.6) is 0 Å². The van der Waals surface area contributed by atoms with Gasteiger partial charge in [-0.15, -0.1) is 24.8 Å². The summed E-state index contributed by atoms with van der Waals surface area (Å²) in [6, 6.07) is 15.2. The summed E-state index contributed by atoms with van der Waals surface area (Å²) in [4.78, 5) is 5.06. The summed E-state index contributed by atoms with van der Waals surface area (Å²) in [5.74, 6) is 0.493. The van der Waals surface area contributed by atoms with Gasteiger partial charge in [-0.25, -0.2) is 0 Å². The van der Waals surface area contributed by atoms with Crippen molar-refractivity contribution < 1.29 is 0 Å². The highest BCUT2D eigenvalue weighted by Gasteiger charge is 2.30. The molecule has 0 aliphatic carbocycles. The zero-order chi connectivity index (χ0) is 18.1. The Labute approximate surface area is 190 Å². The minimum Gasteiger partial charge on any atom is -0.382 e. The van der Waals surface area contributed by atoms with Crippen LogP contribution in [-0.2, 0) is 0 Å². The third-order valence-corrected chi connectivity index (χ3v) is 6.45. The largest absolute Gasteiger partial charge is 0.382 e. The van der Waals surface area contributed by atoms with Crippen LogP contribution in [0.3, 0.4) is 0 Å². The molecule has 3 nitrogen and oxygen atoms in total. The van der Waals surface area contributed by atoms with Crippen LogP contribution in [0.15, 0.2) is 42.5 Å². The number of para-hydroxylation sites is 1. The number of hydrogen-bond acceptors (Lipinski definition) is 3. The minimum absolute atomic E-state index is 0. The quantitative estimate of drug-likeness (QED) is 0.605. The lowest BCUT2D eigenvalue weighted by atomic mass is 9.92. The first-order valence-electron chi connectivity index (χ1n) is 9.39. The molecule has 2 aromatic carbocycles. The van der Waals surface area contributed by atoms with Crippen LogP contribution in [-0.4, -0.2) is 43.7 Å². The van der Waals surface area contributed by atoms with Crippen molar-refractivity contribution in [2.24, 2.45) is 0 Å². The van der Waals surface area contributed by atoms with Crippen molar-refractivity contribution in [3.05, 3.63) is 58.1 Å². The molecule has 1 saturated heterocycles. The first-order chi connectivity index (χ1) is 12.6. The van der Waals surface area contributed by atoms with Crippen LogP contribution in [0.2, 0.25) is 10.0 Å². The summed E-state index contributed by atoms with van der Waals surface area (Å²) < 4.78 is 0. The molecule has 2 heterocycles. The van der Waals surface area contributed by atoms with E-state index in [0.29, 0.717) is 22.0 Å². The molecule has 154 valence electrons. The SMILES string of the molecule is C[C@H]1Nc2cc(Cl)c(Cl)cc2[C@H]1CCN1CCN(c2ccccc2)CC1.Cl.Cl. The van der Waals surface area contributed by atoms with E-state index in [1.165, 1.54) is 11.3 Å². The second kappa shape index (κ2) is 10.3. The number of halogens is 4. The van der Waals surface area contributed by atoms with Crippen LogP contribution < -0.4 is 10.2 Å². The molecule has 2 atom stereocenters. The van der Waals surface area contributed by atoms with Crippen LogP contribution in [0.4, 0.5) is 11.4 Å². The molecule has 0 saturated carbocycles. The molecule has 0 amide bonds. The number of anilines is 2. The van der Waals surface area contributed by atoms with Gasteiger partial charge in [-0.1, -0.05) is 41.4 Å². The first-order valence-corrected chi connectivity index (χ1v) is 10.2. The molecule has 7 heteroatoms. The highest BCUT2D eigenvalue weighted by Crippen LogP contribution is 2.42. The number of nitrogens with zero attached hydrogens (tertiary/aromatic N) is 2. The first kappa shape index (κ1) is 23.4. The maximum atomic E-state index is 6.25. The lowest BCUT2D eigenvalue weighted by molar-refractivity contribution is 0.247. The van der Waals surface area contributed by atoms with E-state index in [0.717, 1.165) is 44.8 Å². The Balaban J connectivity index is 0.00000140. The van der Waals surface area contributed by atoms with Gasteiger partial charge >= 0.3 is 0 Å². The highest BCUT2D eigenvalue weighted by molar-refractivity contribution is 6.42. The number of piperazine rings is 1. The van der Waals surface area contributed by atoms with Crippen molar-refractivity contribution in [3.8, 4) is 0 Å². The van der Waals surface area contributed by atoms with Gasteiger partial charge in [0.25, 0.3) is 0 Å². The number of fused-ring (bicyclic) bond motifs is 1. The Morgan fingerprint density at radius 2 is 1.61 bits per heavy atom. The maximum Gasteiger partial charge on any atom is 0.0613 e. The molecular weight excluding hydrogens is 436 g/mol. The Kier molecular flexibility index (Phi) is 8.60. The second-order valence-electron chi connectivity index (χ2n) is 7.35. The van der Waals surface area contributed by atoms with Gasteiger partial charge in [0.15, 0.2) is 0 Å². The summed E-state index contributed by atoms with van der Waals surface area (Å²) in [5, 5.41) is 4.84. The molecular formula is C21H27Cl4N3. The van der Waals surface area contributed by atoms with E-state index >= 15 is 0 Å². The van der Waals surface area contributed by atoms with Crippen LogP contribution >= 0.6 is 48.0 Å². The summed E-state index contributed by atoms with van der Waals surface area (Å²) in [6.45, 7) is 7.81. The van der Waals surface area contributed by atoms with Gasteiger partial charge in [0.2, 0.25) is 0 Å². The summed E-state index contributed by atoms with van der Waals surface area (Å²) in [6.07, 6.45) is 1.14. The fourth-order valence-electron chi connectivity index (χ4n) is 4.20. The molecule has 1 fully saturated rings. The van der Waals surface area contributed by atoms with E-state index in [2.05, 4.69) is 52.4 Å². The number of rotatable bonds is 4. The summed E-state index contributed by atoms with van der Waals surface area (Å²) >= 11 is 12.4. The van der Waals surface area contributed by atoms with E-state index in [1.54, 1.807) is 0 Å². The van der Waals surface area contributed by atoms with Crippen molar-refractivity contribution >= 4 is 59.4 Å². The Morgan fingerprint density at radius 3 is 2.29 bits per heavy atom. The van der Waals surface area contributed by atoms with Crippen LogP contribution in [0.25, 0.3) is 0 Å². The van der Waals surface area contributed by atoms with E-state index in [1.807, 2.05) is 12.1 Å². The molecule has 4 rings (SSSR count). The zero-order valence-corrected chi connectivity index (χ0v) is 19.1. The molecule has 0 aromatic heterocycles. The molecule has 0 spiro atoms. The van der Waals surface area contributed by atoms with E-state index in [-0.39, 0.29) is 24.8 Å². The maximum absolute atomic E-state index is 6.25. The fourth-order valence-corrected chi connectivity index (χ4v) is 4.54. The normalized spacial score (nSPS) is 21.3.